The zero-order valence-electron chi connectivity index (χ0n) is 9.45. The second kappa shape index (κ2) is 4.68. The molecule has 2 aliphatic heterocycles. The lowest BCUT2D eigenvalue weighted by Crippen LogP contribution is -2.41. The molecule has 0 saturated carbocycles. The van der Waals surface area contributed by atoms with Gasteiger partial charge in [0.2, 0.25) is 11.8 Å². The van der Waals surface area contributed by atoms with Crippen molar-refractivity contribution in [2.45, 2.75) is 19.3 Å². The van der Waals surface area contributed by atoms with Gasteiger partial charge in [-0.1, -0.05) is 6.58 Å². The Kier molecular flexibility index (Phi) is 3.27. The lowest BCUT2D eigenvalue weighted by atomic mass is 9.85. The third-order valence-electron chi connectivity index (χ3n) is 3.62. The molecule has 0 aromatic rings. The zero-order valence-corrected chi connectivity index (χ0v) is 9.45. The fourth-order valence-corrected chi connectivity index (χ4v) is 2.68. The van der Waals surface area contributed by atoms with Crippen LogP contribution in [0.4, 0.5) is 0 Å². The maximum absolute atomic E-state index is 11.5. The Labute approximate surface area is 95.7 Å². The van der Waals surface area contributed by atoms with Crippen molar-refractivity contribution < 1.29 is 9.59 Å². The molecule has 2 atom stereocenters. The maximum Gasteiger partial charge on any atom is 0.245 e. The van der Waals surface area contributed by atoms with Crippen molar-refractivity contribution in [3.63, 3.8) is 0 Å². The Morgan fingerprint density at radius 2 is 2.31 bits per heavy atom. The average molecular weight is 222 g/mol. The standard InChI is InChI=1S/C12H18N2O2/c1-2-12(16)14-5-3-4-9(8-14)10-6-11(15)13-7-10/h2,9-10H,1,3-8H2,(H,13,15). The highest BCUT2D eigenvalue weighted by Gasteiger charge is 2.33. The predicted molar refractivity (Wildman–Crippen MR) is 60.6 cm³/mol. The summed E-state index contributed by atoms with van der Waals surface area (Å²) in [6.07, 6.45) is 4.16. The molecule has 0 bridgehead atoms. The van der Waals surface area contributed by atoms with Gasteiger partial charge in [0.1, 0.15) is 0 Å². The molecule has 0 aliphatic carbocycles. The normalized spacial score (nSPS) is 30.0. The largest absolute Gasteiger partial charge is 0.356 e. The van der Waals surface area contributed by atoms with E-state index in [1.54, 1.807) is 0 Å². The third kappa shape index (κ3) is 2.26. The molecular formula is C12H18N2O2. The van der Waals surface area contributed by atoms with Gasteiger partial charge in [-0.05, 0) is 30.8 Å². The molecule has 4 heteroatoms. The van der Waals surface area contributed by atoms with Crippen LogP contribution >= 0.6 is 0 Å². The molecular weight excluding hydrogens is 204 g/mol. The van der Waals surface area contributed by atoms with Crippen molar-refractivity contribution in [2.24, 2.45) is 11.8 Å². The molecule has 16 heavy (non-hydrogen) atoms. The molecule has 1 N–H and O–H groups in total. The summed E-state index contributed by atoms with van der Waals surface area (Å²) in [5.41, 5.74) is 0. The van der Waals surface area contributed by atoms with E-state index in [2.05, 4.69) is 11.9 Å². The number of rotatable bonds is 2. The van der Waals surface area contributed by atoms with Gasteiger partial charge in [0.05, 0.1) is 0 Å². The number of carbonyl (C=O) groups excluding carboxylic acids is 2. The van der Waals surface area contributed by atoms with Crippen LogP contribution in [-0.4, -0.2) is 36.3 Å². The highest BCUT2D eigenvalue weighted by atomic mass is 16.2. The summed E-state index contributed by atoms with van der Waals surface area (Å²) in [5.74, 6) is 1.05. The van der Waals surface area contributed by atoms with Crippen molar-refractivity contribution in [2.75, 3.05) is 19.6 Å². The molecule has 2 unspecified atom stereocenters. The van der Waals surface area contributed by atoms with Crippen molar-refractivity contribution >= 4 is 11.8 Å². The molecule has 0 spiro atoms. The topological polar surface area (TPSA) is 49.4 Å². The quantitative estimate of drug-likeness (QED) is 0.694. The van der Waals surface area contributed by atoms with E-state index >= 15 is 0 Å². The molecule has 2 aliphatic rings. The summed E-state index contributed by atoms with van der Waals surface area (Å²) in [5, 5.41) is 2.86. The minimum absolute atomic E-state index is 0.0157. The fourth-order valence-electron chi connectivity index (χ4n) is 2.68. The van der Waals surface area contributed by atoms with E-state index in [0.29, 0.717) is 18.3 Å². The molecule has 0 aromatic heterocycles. The number of hydrogen-bond acceptors (Lipinski definition) is 2. The number of nitrogens with zero attached hydrogens (tertiary/aromatic N) is 1. The molecule has 2 fully saturated rings. The molecule has 2 amide bonds. The van der Waals surface area contributed by atoms with Crippen LogP contribution in [0.5, 0.6) is 0 Å². The first-order chi connectivity index (χ1) is 7.70. The third-order valence-corrected chi connectivity index (χ3v) is 3.62. The summed E-state index contributed by atoms with van der Waals surface area (Å²) >= 11 is 0. The first kappa shape index (κ1) is 11.2. The first-order valence-electron chi connectivity index (χ1n) is 5.88. The SMILES string of the molecule is C=CC(=O)N1CCCC(C2CNC(=O)C2)C1. The van der Waals surface area contributed by atoms with Gasteiger partial charge < -0.3 is 10.2 Å². The van der Waals surface area contributed by atoms with Gasteiger partial charge in [0.15, 0.2) is 0 Å². The van der Waals surface area contributed by atoms with Crippen LogP contribution in [0, 0.1) is 11.8 Å². The van der Waals surface area contributed by atoms with E-state index < -0.39 is 0 Å². The van der Waals surface area contributed by atoms with Gasteiger partial charge in [-0.3, -0.25) is 9.59 Å². The van der Waals surface area contributed by atoms with Crippen LogP contribution in [0.15, 0.2) is 12.7 Å². The molecule has 0 aromatic carbocycles. The van der Waals surface area contributed by atoms with Gasteiger partial charge in [0.25, 0.3) is 0 Å². The average Bonchev–Trinajstić information content (AvgIpc) is 2.75. The molecule has 2 heterocycles. The summed E-state index contributed by atoms with van der Waals surface area (Å²) in [4.78, 5) is 24.5. The molecule has 0 radical (unpaired) electrons. The second-order valence-corrected chi connectivity index (χ2v) is 4.66. The van der Waals surface area contributed by atoms with Crippen LogP contribution in [0.3, 0.4) is 0 Å². The van der Waals surface area contributed by atoms with E-state index in [4.69, 9.17) is 0 Å². The van der Waals surface area contributed by atoms with Gasteiger partial charge in [0, 0.05) is 26.1 Å². The first-order valence-corrected chi connectivity index (χ1v) is 5.88. The van der Waals surface area contributed by atoms with Crippen molar-refractivity contribution in [1.82, 2.24) is 10.2 Å². The van der Waals surface area contributed by atoms with E-state index in [0.717, 1.165) is 32.5 Å². The van der Waals surface area contributed by atoms with Gasteiger partial charge in [-0.25, -0.2) is 0 Å². The number of hydrogen-bond donors (Lipinski definition) is 1. The Hall–Kier alpha value is -1.32. The summed E-state index contributed by atoms with van der Waals surface area (Å²) < 4.78 is 0. The lowest BCUT2D eigenvalue weighted by molar-refractivity contribution is -0.128. The second-order valence-electron chi connectivity index (χ2n) is 4.66. The molecule has 4 nitrogen and oxygen atoms in total. The smallest absolute Gasteiger partial charge is 0.245 e. The molecule has 88 valence electrons. The van der Waals surface area contributed by atoms with Crippen LogP contribution < -0.4 is 5.32 Å². The van der Waals surface area contributed by atoms with Crippen LogP contribution in [0.1, 0.15) is 19.3 Å². The fraction of sp³-hybridized carbons (Fsp3) is 0.667. The monoisotopic (exact) mass is 222 g/mol. The highest BCUT2D eigenvalue weighted by Crippen LogP contribution is 2.28. The van der Waals surface area contributed by atoms with Crippen molar-refractivity contribution in [3.05, 3.63) is 12.7 Å². The van der Waals surface area contributed by atoms with E-state index in [1.165, 1.54) is 6.08 Å². The Bertz CT molecular complexity index is 314. The van der Waals surface area contributed by atoms with Gasteiger partial charge in [-0.2, -0.15) is 0 Å². The summed E-state index contributed by atoms with van der Waals surface area (Å²) in [6, 6.07) is 0. The van der Waals surface area contributed by atoms with Gasteiger partial charge in [-0.15, -0.1) is 0 Å². The van der Waals surface area contributed by atoms with Crippen LogP contribution in [0.2, 0.25) is 0 Å². The molecule has 2 rings (SSSR count). The number of likely N-dealkylation sites (tertiary alicyclic amines) is 1. The number of nitrogens with one attached hydrogen (secondary N) is 1. The lowest BCUT2D eigenvalue weighted by Gasteiger charge is -2.34. The maximum atomic E-state index is 11.5. The Morgan fingerprint density at radius 1 is 1.50 bits per heavy atom. The van der Waals surface area contributed by atoms with Gasteiger partial charge >= 0.3 is 0 Å². The van der Waals surface area contributed by atoms with Crippen molar-refractivity contribution in [1.29, 1.82) is 0 Å². The Morgan fingerprint density at radius 3 is 2.94 bits per heavy atom. The van der Waals surface area contributed by atoms with E-state index in [-0.39, 0.29) is 11.8 Å². The molecule has 2 saturated heterocycles. The number of amides is 2. The minimum atomic E-state index is 0.0157. The van der Waals surface area contributed by atoms with Crippen LogP contribution in [0.25, 0.3) is 0 Å². The zero-order chi connectivity index (χ0) is 11.5. The Balaban J connectivity index is 1.93. The minimum Gasteiger partial charge on any atom is -0.356 e. The predicted octanol–water partition coefficient (Wildman–Crippen LogP) is 0.547. The summed E-state index contributed by atoms with van der Waals surface area (Å²) in [7, 11) is 0. The van der Waals surface area contributed by atoms with E-state index in [1.807, 2.05) is 4.90 Å². The summed E-state index contributed by atoms with van der Waals surface area (Å²) in [6.45, 7) is 5.90. The van der Waals surface area contributed by atoms with Crippen molar-refractivity contribution in [3.8, 4) is 0 Å². The van der Waals surface area contributed by atoms with E-state index in [9.17, 15) is 9.59 Å². The number of carbonyl (C=O) groups is 2. The highest BCUT2D eigenvalue weighted by molar-refractivity contribution is 5.87. The number of piperidine rings is 1. The van der Waals surface area contributed by atoms with Crippen LogP contribution in [-0.2, 0) is 9.59 Å².